The predicted octanol–water partition coefficient (Wildman–Crippen LogP) is 1.95. The summed E-state index contributed by atoms with van der Waals surface area (Å²) in [7, 11) is 0. The van der Waals surface area contributed by atoms with Gasteiger partial charge in [0.2, 0.25) is 0 Å². The molecule has 4 heteroatoms. The Morgan fingerprint density at radius 3 is 2.65 bits per heavy atom. The number of carboxylic acid groups (broad SMARTS) is 1. The van der Waals surface area contributed by atoms with E-state index in [1.807, 2.05) is 26.0 Å². The van der Waals surface area contributed by atoms with E-state index in [0.29, 0.717) is 12.1 Å². The minimum Gasteiger partial charge on any atom is -0.478 e. The van der Waals surface area contributed by atoms with Gasteiger partial charge in [-0.1, -0.05) is 6.07 Å². The number of benzene rings is 1. The molecular weight excluding hydrogens is 218 g/mol. The molecule has 0 saturated heterocycles. The van der Waals surface area contributed by atoms with Crippen molar-refractivity contribution in [2.45, 2.75) is 20.4 Å². The van der Waals surface area contributed by atoms with Crippen LogP contribution in [0, 0.1) is 13.8 Å². The van der Waals surface area contributed by atoms with Gasteiger partial charge in [-0.3, -0.25) is 0 Å². The van der Waals surface area contributed by atoms with Gasteiger partial charge in [0.15, 0.2) is 0 Å². The van der Waals surface area contributed by atoms with Crippen LogP contribution in [0.2, 0.25) is 0 Å². The molecule has 2 rings (SSSR count). The van der Waals surface area contributed by atoms with Crippen molar-refractivity contribution in [2.24, 2.45) is 0 Å². The lowest BCUT2D eigenvalue weighted by molar-refractivity contribution is 0.0698. The van der Waals surface area contributed by atoms with Gasteiger partial charge in [0.25, 0.3) is 0 Å². The highest BCUT2D eigenvalue weighted by atomic mass is 16.4. The number of aryl methyl sites for hydroxylation is 2. The highest BCUT2D eigenvalue weighted by Crippen LogP contribution is 2.26. The van der Waals surface area contributed by atoms with E-state index >= 15 is 0 Å². The van der Waals surface area contributed by atoms with E-state index in [4.69, 9.17) is 5.11 Å². The van der Waals surface area contributed by atoms with Crippen LogP contribution in [0.15, 0.2) is 18.3 Å². The highest BCUT2D eigenvalue weighted by Gasteiger charge is 2.16. The van der Waals surface area contributed by atoms with E-state index in [2.05, 4.69) is 0 Å². The van der Waals surface area contributed by atoms with Gasteiger partial charge in [0.1, 0.15) is 0 Å². The molecule has 1 heterocycles. The van der Waals surface area contributed by atoms with Gasteiger partial charge in [0, 0.05) is 23.6 Å². The van der Waals surface area contributed by atoms with Crippen molar-refractivity contribution < 1.29 is 15.0 Å². The maximum absolute atomic E-state index is 11.2. The summed E-state index contributed by atoms with van der Waals surface area (Å²) in [5, 5.41) is 18.9. The first-order valence-corrected chi connectivity index (χ1v) is 5.49. The third kappa shape index (κ3) is 1.91. The monoisotopic (exact) mass is 233 g/mol. The molecule has 4 nitrogen and oxygen atoms in total. The predicted molar refractivity (Wildman–Crippen MR) is 65.5 cm³/mol. The molecule has 0 saturated carbocycles. The molecule has 1 aromatic carbocycles. The number of aliphatic hydroxyl groups excluding tert-OH is 1. The molecular formula is C13H15NO3. The summed E-state index contributed by atoms with van der Waals surface area (Å²) in [5.74, 6) is -0.932. The van der Waals surface area contributed by atoms with E-state index in [-0.39, 0.29) is 6.61 Å². The van der Waals surface area contributed by atoms with Crippen LogP contribution in [0.3, 0.4) is 0 Å². The van der Waals surface area contributed by atoms with Gasteiger partial charge in [-0.15, -0.1) is 0 Å². The zero-order valence-corrected chi connectivity index (χ0v) is 9.90. The molecule has 1 aromatic heterocycles. The van der Waals surface area contributed by atoms with E-state index in [1.165, 1.54) is 0 Å². The molecule has 17 heavy (non-hydrogen) atoms. The molecule has 0 fully saturated rings. The standard InChI is InChI=1S/C13H15NO3/c1-8-5-9(2)12-10(13(16)17)7-14(3-4-15)11(12)6-8/h5-7,15H,3-4H2,1-2H3,(H,16,17). The van der Waals surface area contributed by atoms with Gasteiger partial charge in [0.05, 0.1) is 12.2 Å². The number of hydrogen-bond donors (Lipinski definition) is 2. The highest BCUT2D eigenvalue weighted by molar-refractivity contribution is 6.05. The Morgan fingerprint density at radius 2 is 2.06 bits per heavy atom. The van der Waals surface area contributed by atoms with Crippen molar-refractivity contribution in [3.8, 4) is 0 Å². The van der Waals surface area contributed by atoms with Gasteiger partial charge >= 0.3 is 5.97 Å². The van der Waals surface area contributed by atoms with E-state index in [9.17, 15) is 9.90 Å². The van der Waals surface area contributed by atoms with Crippen molar-refractivity contribution in [3.05, 3.63) is 35.0 Å². The van der Waals surface area contributed by atoms with Crippen molar-refractivity contribution in [1.29, 1.82) is 0 Å². The first-order valence-electron chi connectivity index (χ1n) is 5.49. The number of nitrogens with zero attached hydrogens (tertiary/aromatic N) is 1. The lowest BCUT2D eigenvalue weighted by atomic mass is 10.0. The number of hydrogen-bond acceptors (Lipinski definition) is 2. The van der Waals surface area contributed by atoms with Crippen molar-refractivity contribution in [1.82, 2.24) is 4.57 Å². The van der Waals surface area contributed by atoms with E-state index in [0.717, 1.165) is 22.0 Å². The fraction of sp³-hybridized carbons (Fsp3) is 0.308. The average Bonchev–Trinajstić information content (AvgIpc) is 2.58. The van der Waals surface area contributed by atoms with Gasteiger partial charge in [-0.25, -0.2) is 4.79 Å². The minimum absolute atomic E-state index is 0.00414. The molecule has 0 bridgehead atoms. The Labute approximate surface area is 99.1 Å². The summed E-state index contributed by atoms with van der Waals surface area (Å²) < 4.78 is 1.79. The van der Waals surface area contributed by atoms with Gasteiger partial charge < -0.3 is 14.8 Å². The third-order valence-electron chi connectivity index (χ3n) is 2.89. The van der Waals surface area contributed by atoms with Crippen molar-refractivity contribution in [3.63, 3.8) is 0 Å². The molecule has 0 aliphatic rings. The smallest absolute Gasteiger partial charge is 0.337 e. The molecule has 2 aromatic rings. The number of carbonyl (C=O) groups is 1. The number of aromatic carboxylic acids is 1. The Kier molecular flexibility index (Phi) is 2.90. The zero-order chi connectivity index (χ0) is 12.6. The number of aromatic nitrogens is 1. The van der Waals surface area contributed by atoms with Crippen LogP contribution in [-0.4, -0.2) is 27.4 Å². The maximum atomic E-state index is 11.2. The number of fused-ring (bicyclic) bond motifs is 1. The van der Waals surface area contributed by atoms with Crippen molar-refractivity contribution in [2.75, 3.05) is 6.61 Å². The summed E-state index contributed by atoms with van der Waals surface area (Å²) in [6, 6.07) is 3.92. The summed E-state index contributed by atoms with van der Waals surface area (Å²) >= 11 is 0. The molecule has 0 aliphatic carbocycles. The Bertz CT molecular complexity index is 584. The molecule has 2 N–H and O–H groups in total. The topological polar surface area (TPSA) is 62.5 Å². The summed E-state index contributed by atoms with van der Waals surface area (Å²) in [5.41, 5.74) is 3.21. The normalized spacial score (nSPS) is 11.0. The summed E-state index contributed by atoms with van der Waals surface area (Å²) in [6.45, 7) is 4.29. The Hall–Kier alpha value is -1.81. The molecule has 0 radical (unpaired) electrons. The molecule has 0 spiro atoms. The van der Waals surface area contributed by atoms with E-state index < -0.39 is 5.97 Å². The second-order valence-electron chi connectivity index (χ2n) is 4.24. The van der Waals surface area contributed by atoms with E-state index in [1.54, 1.807) is 10.8 Å². The van der Waals surface area contributed by atoms with Crippen LogP contribution < -0.4 is 0 Å². The Morgan fingerprint density at radius 1 is 1.35 bits per heavy atom. The largest absolute Gasteiger partial charge is 0.478 e. The first kappa shape index (κ1) is 11.7. The molecule has 90 valence electrons. The summed E-state index contributed by atoms with van der Waals surface area (Å²) in [4.78, 5) is 11.2. The number of carboxylic acids is 1. The summed E-state index contributed by atoms with van der Waals surface area (Å²) in [6.07, 6.45) is 1.59. The van der Waals surface area contributed by atoms with Crippen LogP contribution in [0.25, 0.3) is 10.9 Å². The minimum atomic E-state index is -0.932. The zero-order valence-electron chi connectivity index (χ0n) is 9.90. The second kappa shape index (κ2) is 4.22. The van der Waals surface area contributed by atoms with Gasteiger partial charge in [-0.05, 0) is 31.0 Å². The molecule has 0 atom stereocenters. The quantitative estimate of drug-likeness (QED) is 0.851. The lowest BCUT2D eigenvalue weighted by Gasteiger charge is -2.05. The molecule has 0 unspecified atom stereocenters. The Balaban J connectivity index is 2.81. The lowest BCUT2D eigenvalue weighted by Crippen LogP contribution is -2.00. The van der Waals surface area contributed by atoms with Crippen LogP contribution in [-0.2, 0) is 6.54 Å². The van der Waals surface area contributed by atoms with Crippen molar-refractivity contribution >= 4 is 16.9 Å². The van der Waals surface area contributed by atoms with Crippen LogP contribution in [0.4, 0.5) is 0 Å². The second-order valence-corrected chi connectivity index (χ2v) is 4.24. The third-order valence-corrected chi connectivity index (χ3v) is 2.89. The fourth-order valence-electron chi connectivity index (χ4n) is 2.27. The maximum Gasteiger partial charge on any atom is 0.337 e. The van der Waals surface area contributed by atoms with Crippen LogP contribution >= 0.6 is 0 Å². The molecule has 0 amide bonds. The number of rotatable bonds is 3. The van der Waals surface area contributed by atoms with Crippen LogP contribution in [0.5, 0.6) is 0 Å². The SMILES string of the molecule is Cc1cc(C)c2c(C(=O)O)cn(CCO)c2c1. The molecule has 0 aliphatic heterocycles. The average molecular weight is 233 g/mol. The van der Waals surface area contributed by atoms with Gasteiger partial charge in [-0.2, -0.15) is 0 Å². The number of aliphatic hydroxyl groups is 1. The van der Waals surface area contributed by atoms with Crippen LogP contribution in [0.1, 0.15) is 21.5 Å². The fourth-order valence-corrected chi connectivity index (χ4v) is 2.27. The first-order chi connectivity index (χ1) is 8.04.